The molecule has 1 aromatic carbocycles. The first kappa shape index (κ1) is 15.5. The van der Waals surface area contributed by atoms with Crippen molar-refractivity contribution >= 4 is 11.7 Å². The number of pyridine rings is 1. The van der Waals surface area contributed by atoms with E-state index in [1.165, 1.54) is 11.0 Å². The molecule has 0 atom stereocenters. The molecule has 8 heteroatoms. The minimum absolute atomic E-state index is 0.305. The molecule has 2 heterocycles. The van der Waals surface area contributed by atoms with Gasteiger partial charge in [0.1, 0.15) is 18.4 Å². The summed E-state index contributed by atoms with van der Waals surface area (Å²) < 4.78 is 6.63. The molecule has 2 amide bonds. The highest BCUT2D eigenvalue weighted by Crippen LogP contribution is 2.11. The molecule has 0 bridgehead atoms. The molecule has 0 saturated carbocycles. The Bertz CT molecular complexity index is 784. The third-order valence-electron chi connectivity index (χ3n) is 3.27. The second kappa shape index (κ2) is 7.23. The van der Waals surface area contributed by atoms with Crippen molar-refractivity contribution in [1.82, 2.24) is 25.1 Å². The number of rotatable bonds is 5. The molecule has 0 radical (unpaired) electrons. The molecule has 0 fully saturated rings. The smallest absolute Gasteiger partial charge is 0.319 e. The number of nitrogens with one attached hydrogen (secondary N) is 2. The largest absolute Gasteiger partial charge is 0.497 e. The fourth-order valence-electron chi connectivity index (χ4n) is 2.02. The Hall–Kier alpha value is -3.42. The van der Waals surface area contributed by atoms with Gasteiger partial charge >= 0.3 is 6.03 Å². The van der Waals surface area contributed by atoms with Gasteiger partial charge in [0.15, 0.2) is 5.82 Å². The summed E-state index contributed by atoms with van der Waals surface area (Å²) in [6, 6.07) is 10.7. The molecule has 0 spiro atoms. The highest BCUT2D eigenvalue weighted by Gasteiger charge is 2.04. The number of hydrogen-bond donors (Lipinski definition) is 2. The van der Waals surface area contributed by atoms with Gasteiger partial charge in [0.2, 0.25) is 0 Å². The average molecular weight is 324 g/mol. The Morgan fingerprint density at radius 1 is 1.21 bits per heavy atom. The zero-order valence-electron chi connectivity index (χ0n) is 13.0. The molecule has 2 N–H and O–H groups in total. The first-order valence-electron chi connectivity index (χ1n) is 7.23. The number of urea groups is 1. The predicted molar refractivity (Wildman–Crippen MR) is 88.0 cm³/mol. The molecule has 3 rings (SSSR count). The molecule has 0 aliphatic carbocycles. The van der Waals surface area contributed by atoms with E-state index in [-0.39, 0.29) is 6.03 Å². The van der Waals surface area contributed by atoms with Crippen LogP contribution in [0.25, 0.3) is 5.82 Å². The number of ether oxygens (including phenoxy) is 1. The second-order valence-electron chi connectivity index (χ2n) is 4.90. The molecular formula is C16H16N6O2. The van der Waals surface area contributed by atoms with Gasteiger partial charge in [-0.25, -0.2) is 19.4 Å². The monoisotopic (exact) mass is 324 g/mol. The van der Waals surface area contributed by atoms with Crippen LogP contribution in [0.5, 0.6) is 5.75 Å². The summed E-state index contributed by atoms with van der Waals surface area (Å²) >= 11 is 0. The number of anilines is 1. The van der Waals surface area contributed by atoms with Gasteiger partial charge in [-0.2, -0.15) is 5.10 Å². The van der Waals surface area contributed by atoms with Crippen molar-refractivity contribution in [2.45, 2.75) is 6.54 Å². The van der Waals surface area contributed by atoms with E-state index in [1.807, 2.05) is 24.3 Å². The summed E-state index contributed by atoms with van der Waals surface area (Å²) in [5, 5.41) is 9.49. The maximum Gasteiger partial charge on any atom is 0.319 e. The molecule has 0 saturated heterocycles. The van der Waals surface area contributed by atoms with Crippen LogP contribution in [0.2, 0.25) is 0 Å². The number of carbonyl (C=O) groups is 1. The maximum absolute atomic E-state index is 11.9. The number of nitrogens with zero attached hydrogens (tertiary/aromatic N) is 4. The first-order valence-corrected chi connectivity index (χ1v) is 7.23. The van der Waals surface area contributed by atoms with E-state index in [2.05, 4.69) is 25.7 Å². The highest BCUT2D eigenvalue weighted by atomic mass is 16.5. The van der Waals surface area contributed by atoms with E-state index >= 15 is 0 Å². The average Bonchev–Trinajstić information content (AvgIpc) is 3.16. The van der Waals surface area contributed by atoms with Gasteiger partial charge in [-0.05, 0) is 29.8 Å². The van der Waals surface area contributed by atoms with Crippen molar-refractivity contribution < 1.29 is 9.53 Å². The lowest BCUT2D eigenvalue weighted by atomic mass is 10.2. The third-order valence-corrected chi connectivity index (χ3v) is 3.27. The zero-order valence-corrected chi connectivity index (χ0v) is 13.0. The van der Waals surface area contributed by atoms with Crippen LogP contribution < -0.4 is 15.4 Å². The van der Waals surface area contributed by atoms with E-state index in [9.17, 15) is 4.79 Å². The summed E-state index contributed by atoms with van der Waals surface area (Å²) in [6.45, 7) is 0.417. The van der Waals surface area contributed by atoms with Gasteiger partial charge in [0, 0.05) is 6.54 Å². The predicted octanol–water partition coefficient (Wildman–Crippen LogP) is 1.99. The molecule has 0 unspecified atom stereocenters. The van der Waals surface area contributed by atoms with Gasteiger partial charge in [0.05, 0.1) is 19.0 Å². The topological polar surface area (TPSA) is 94.0 Å². The molecule has 24 heavy (non-hydrogen) atoms. The Morgan fingerprint density at radius 2 is 2.04 bits per heavy atom. The second-order valence-corrected chi connectivity index (χ2v) is 4.90. The highest BCUT2D eigenvalue weighted by molar-refractivity contribution is 5.89. The summed E-state index contributed by atoms with van der Waals surface area (Å²) in [5.41, 5.74) is 1.57. The van der Waals surface area contributed by atoms with Crippen LogP contribution in [-0.4, -0.2) is 32.9 Å². The van der Waals surface area contributed by atoms with Crippen LogP contribution in [0.15, 0.2) is 55.2 Å². The van der Waals surface area contributed by atoms with E-state index in [4.69, 9.17) is 4.74 Å². The Labute approximate surface area is 138 Å². The van der Waals surface area contributed by atoms with Crippen molar-refractivity contribution in [3.8, 4) is 11.6 Å². The zero-order chi connectivity index (χ0) is 16.8. The molecule has 3 aromatic rings. The summed E-state index contributed by atoms with van der Waals surface area (Å²) in [5.74, 6) is 1.40. The van der Waals surface area contributed by atoms with Crippen LogP contribution in [0.3, 0.4) is 0 Å². The van der Waals surface area contributed by atoms with Gasteiger partial charge in [-0.1, -0.05) is 12.1 Å². The first-order chi connectivity index (χ1) is 11.7. The third kappa shape index (κ3) is 3.86. The van der Waals surface area contributed by atoms with E-state index in [1.54, 1.807) is 31.8 Å². The minimum atomic E-state index is -0.305. The Kier molecular flexibility index (Phi) is 4.66. The number of amides is 2. The van der Waals surface area contributed by atoms with Crippen LogP contribution in [0, 0.1) is 0 Å². The van der Waals surface area contributed by atoms with Crippen LogP contribution in [0.4, 0.5) is 10.5 Å². The molecule has 122 valence electrons. The van der Waals surface area contributed by atoms with Crippen LogP contribution in [-0.2, 0) is 6.54 Å². The van der Waals surface area contributed by atoms with Crippen LogP contribution >= 0.6 is 0 Å². The summed E-state index contributed by atoms with van der Waals surface area (Å²) in [4.78, 5) is 20.0. The van der Waals surface area contributed by atoms with Crippen molar-refractivity contribution in [2.75, 3.05) is 12.4 Å². The number of benzene rings is 1. The van der Waals surface area contributed by atoms with E-state index in [0.717, 1.165) is 11.3 Å². The van der Waals surface area contributed by atoms with Crippen molar-refractivity contribution in [1.29, 1.82) is 0 Å². The van der Waals surface area contributed by atoms with Gasteiger partial charge in [-0.15, -0.1) is 0 Å². The standard InChI is InChI=1S/C16H16N6O2/c1-24-14-5-2-12(3-6-14)8-19-16(23)21-13-4-7-15(18-9-13)22-11-17-10-20-22/h2-7,9-11H,8H2,1H3,(H2,19,21,23). The number of hydrogen-bond acceptors (Lipinski definition) is 5. The SMILES string of the molecule is COc1ccc(CNC(=O)Nc2ccc(-n3cncn3)nc2)cc1. The lowest BCUT2D eigenvalue weighted by Crippen LogP contribution is -2.28. The van der Waals surface area contributed by atoms with Crippen LogP contribution in [0.1, 0.15) is 5.56 Å². The fraction of sp³-hybridized carbons (Fsp3) is 0.125. The maximum atomic E-state index is 11.9. The normalized spacial score (nSPS) is 10.2. The lowest BCUT2D eigenvalue weighted by molar-refractivity contribution is 0.251. The van der Waals surface area contributed by atoms with E-state index < -0.39 is 0 Å². The molecule has 8 nitrogen and oxygen atoms in total. The van der Waals surface area contributed by atoms with Crippen molar-refractivity contribution in [3.05, 3.63) is 60.8 Å². The van der Waals surface area contributed by atoms with Crippen molar-refractivity contribution in [3.63, 3.8) is 0 Å². The summed E-state index contributed by atoms with van der Waals surface area (Å²) in [7, 11) is 1.61. The Balaban J connectivity index is 1.52. The molecule has 0 aliphatic heterocycles. The molecule has 2 aromatic heterocycles. The quantitative estimate of drug-likeness (QED) is 0.748. The Morgan fingerprint density at radius 3 is 2.67 bits per heavy atom. The molecule has 0 aliphatic rings. The van der Waals surface area contributed by atoms with Gasteiger partial charge in [0.25, 0.3) is 0 Å². The van der Waals surface area contributed by atoms with Crippen molar-refractivity contribution in [2.24, 2.45) is 0 Å². The van der Waals surface area contributed by atoms with Gasteiger partial charge < -0.3 is 15.4 Å². The number of methoxy groups -OCH3 is 1. The fourth-order valence-corrected chi connectivity index (χ4v) is 2.02. The molecular weight excluding hydrogens is 308 g/mol. The van der Waals surface area contributed by atoms with Gasteiger partial charge in [-0.3, -0.25) is 0 Å². The van der Waals surface area contributed by atoms with E-state index in [0.29, 0.717) is 18.1 Å². The number of carbonyl (C=O) groups excluding carboxylic acids is 1. The summed E-state index contributed by atoms with van der Waals surface area (Å²) in [6.07, 6.45) is 4.54. The lowest BCUT2D eigenvalue weighted by Gasteiger charge is -2.08. The minimum Gasteiger partial charge on any atom is -0.497 e. The number of aromatic nitrogens is 4.